The molecular formula is C46H60N4O8. The Morgan fingerprint density at radius 2 is 1.05 bits per heavy atom. The highest BCUT2D eigenvalue weighted by Crippen LogP contribution is 3.11. The maximum atomic E-state index is 12.7. The largest absolute Gasteiger partial charge is 0.497 e. The molecule has 0 spiro atoms. The Bertz CT molecular complexity index is 1840. The first-order chi connectivity index (χ1) is 28.1. The van der Waals surface area contributed by atoms with E-state index in [1.165, 1.54) is 0 Å². The second-order valence-electron chi connectivity index (χ2n) is 19.6. The third kappa shape index (κ3) is 5.70. The van der Waals surface area contributed by atoms with Gasteiger partial charge in [-0.1, -0.05) is 12.1 Å². The van der Waals surface area contributed by atoms with Crippen LogP contribution in [0.15, 0.2) is 36.4 Å². The molecule has 3 aliphatic heterocycles. The van der Waals surface area contributed by atoms with Gasteiger partial charge in [0, 0.05) is 19.6 Å². The molecular weight excluding hydrogens is 737 g/mol. The topological polar surface area (TPSA) is 170 Å². The Morgan fingerprint density at radius 1 is 0.638 bits per heavy atom. The van der Waals surface area contributed by atoms with Gasteiger partial charge in [-0.15, -0.1) is 0 Å². The van der Waals surface area contributed by atoms with Crippen LogP contribution in [0.1, 0.15) is 47.9 Å². The molecule has 9 fully saturated rings. The maximum absolute atomic E-state index is 12.7. The van der Waals surface area contributed by atoms with Crippen molar-refractivity contribution in [1.82, 2.24) is 20.9 Å². The number of hydrogen-bond donors (Lipinski definition) is 6. The van der Waals surface area contributed by atoms with Crippen LogP contribution in [0.4, 0.5) is 0 Å². The van der Waals surface area contributed by atoms with E-state index in [0.29, 0.717) is 37.8 Å². The highest BCUT2D eigenvalue weighted by Gasteiger charge is 3.09. The number of benzene rings is 2. The summed E-state index contributed by atoms with van der Waals surface area (Å²) in [6, 6.07) is 12.5. The van der Waals surface area contributed by atoms with E-state index in [2.05, 4.69) is 45.1 Å². The molecule has 9 aliphatic rings. The van der Waals surface area contributed by atoms with Crippen LogP contribution in [0.5, 0.6) is 11.5 Å². The Balaban J connectivity index is 0.943. The Labute approximate surface area is 340 Å². The van der Waals surface area contributed by atoms with Crippen molar-refractivity contribution in [3.63, 3.8) is 0 Å². The van der Waals surface area contributed by atoms with Crippen LogP contribution in [-0.2, 0) is 40.3 Å². The monoisotopic (exact) mass is 796 g/mol. The molecule has 0 radical (unpaired) electrons. The van der Waals surface area contributed by atoms with Gasteiger partial charge in [0.15, 0.2) is 0 Å². The lowest BCUT2D eigenvalue weighted by Crippen LogP contribution is -3.10. The van der Waals surface area contributed by atoms with Gasteiger partial charge < -0.3 is 40.7 Å². The van der Waals surface area contributed by atoms with Gasteiger partial charge in [0.25, 0.3) is 0 Å². The predicted octanol–water partition coefficient (Wildman–Crippen LogP) is 3.85. The van der Waals surface area contributed by atoms with Crippen molar-refractivity contribution in [2.75, 3.05) is 60.0 Å². The number of nitrogens with zero attached hydrogens (tertiary/aromatic N) is 1. The van der Waals surface area contributed by atoms with Gasteiger partial charge in [-0.25, -0.2) is 0 Å². The number of ether oxygens (including phenoxy) is 2. The molecule has 12 heteroatoms. The zero-order valence-electron chi connectivity index (χ0n) is 33.8. The summed E-state index contributed by atoms with van der Waals surface area (Å²) < 4.78 is 11.7. The number of carboxylic acids is 3. The molecule has 10 unspecified atom stereocenters. The molecule has 6 N–H and O–H groups in total. The minimum atomic E-state index is -0.758. The van der Waals surface area contributed by atoms with Crippen LogP contribution in [0.2, 0.25) is 0 Å². The molecule has 312 valence electrons. The smallest absolute Gasteiger partial charge is 0.307 e. The first-order valence-corrected chi connectivity index (χ1v) is 21.9. The van der Waals surface area contributed by atoms with Crippen LogP contribution in [0, 0.1) is 81.8 Å². The van der Waals surface area contributed by atoms with Crippen LogP contribution >= 0.6 is 0 Å². The summed E-state index contributed by atoms with van der Waals surface area (Å²) in [6.07, 6.45) is 4.37. The summed E-state index contributed by atoms with van der Waals surface area (Å²) >= 11 is 0. The Hall–Kier alpha value is -3.71. The van der Waals surface area contributed by atoms with Crippen molar-refractivity contribution in [2.24, 2.45) is 81.8 Å². The molecule has 2 aromatic rings. The quantitative estimate of drug-likeness (QED) is 0.115. The summed E-state index contributed by atoms with van der Waals surface area (Å²) in [4.78, 5) is 40.3. The number of nitrogens with one attached hydrogen (secondary N) is 3. The molecule has 12 nitrogen and oxygen atoms in total. The molecule has 58 heavy (non-hydrogen) atoms. The van der Waals surface area contributed by atoms with Crippen molar-refractivity contribution < 1.29 is 39.2 Å². The van der Waals surface area contributed by atoms with Crippen molar-refractivity contribution in [3.05, 3.63) is 58.7 Å². The van der Waals surface area contributed by atoms with Gasteiger partial charge in [0.1, 0.15) is 11.5 Å². The molecule has 11 rings (SSSR count). The zero-order chi connectivity index (χ0) is 40.1. The zero-order valence-corrected chi connectivity index (χ0v) is 33.8. The van der Waals surface area contributed by atoms with Crippen molar-refractivity contribution in [2.45, 2.75) is 51.6 Å². The SMILES string of the molecule is COc1cc(CC(C(=O)O)C2CCNC2)cc(CN(Cc2cc(CC(C(=O)O)C3CCNC3)cc(OC)c2)CC23C4C5C6C4C2C6(CC(C(=O)O)C2CCNC2)C53)c1. The van der Waals surface area contributed by atoms with Crippen LogP contribution in [-0.4, -0.2) is 98.2 Å². The van der Waals surface area contributed by atoms with Crippen LogP contribution in [0.3, 0.4) is 0 Å². The molecule has 0 bridgehead atoms. The normalized spacial score (nSPS) is 37.1. The predicted molar refractivity (Wildman–Crippen MR) is 214 cm³/mol. The van der Waals surface area contributed by atoms with E-state index >= 15 is 0 Å². The second kappa shape index (κ2) is 14.5. The fraction of sp³-hybridized carbons (Fsp3) is 0.674. The van der Waals surface area contributed by atoms with Crippen molar-refractivity contribution >= 4 is 17.9 Å². The van der Waals surface area contributed by atoms with E-state index in [1.807, 2.05) is 12.1 Å². The van der Waals surface area contributed by atoms with E-state index in [-0.39, 0.29) is 34.5 Å². The average Bonchev–Trinajstić information content (AvgIpc) is 4.03. The van der Waals surface area contributed by atoms with Gasteiger partial charge in [-0.2, -0.15) is 0 Å². The number of carboxylic acid groups (broad SMARTS) is 3. The van der Waals surface area contributed by atoms with Gasteiger partial charge in [0.2, 0.25) is 0 Å². The Kier molecular flexibility index (Phi) is 9.61. The number of carbonyl (C=O) groups is 3. The van der Waals surface area contributed by atoms with Crippen LogP contribution in [0.25, 0.3) is 0 Å². The van der Waals surface area contributed by atoms with E-state index in [1.54, 1.807) is 14.2 Å². The van der Waals surface area contributed by atoms with Gasteiger partial charge in [-0.3, -0.25) is 19.3 Å². The minimum Gasteiger partial charge on any atom is -0.497 e. The van der Waals surface area contributed by atoms with Crippen molar-refractivity contribution in [1.29, 1.82) is 0 Å². The third-order valence-corrected chi connectivity index (χ3v) is 17.3. The molecule has 10 atom stereocenters. The number of aliphatic carboxylic acids is 3. The first kappa shape index (κ1) is 38.5. The molecule has 0 aromatic heterocycles. The fourth-order valence-corrected chi connectivity index (χ4v) is 15.3. The third-order valence-electron chi connectivity index (χ3n) is 17.3. The molecule has 2 aromatic carbocycles. The molecule has 0 amide bonds. The summed E-state index contributed by atoms with van der Waals surface area (Å²) in [5, 5.41) is 41.1. The molecule has 6 aliphatic carbocycles. The van der Waals surface area contributed by atoms with Gasteiger partial charge in [0.05, 0.1) is 32.0 Å². The lowest BCUT2D eigenvalue weighted by Gasteiger charge is -3.12. The number of hydrogen-bond acceptors (Lipinski definition) is 9. The van der Waals surface area contributed by atoms with Gasteiger partial charge >= 0.3 is 17.9 Å². The first-order valence-electron chi connectivity index (χ1n) is 21.9. The molecule has 3 saturated heterocycles. The summed E-state index contributed by atoms with van der Waals surface area (Å²) in [5.74, 6) is 2.65. The van der Waals surface area contributed by atoms with E-state index < -0.39 is 29.7 Å². The Morgan fingerprint density at radius 3 is 1.45 bits per heavy atom. The maximum Gasteiger partial charge on any atom is 0.307 e. The highest BCUT2D eigenvalue weighted by molar-refractivity contribution is 5.72. The standard InChI is InChI=1S/C46H60N4O8/c1-57-31-11-24(15-33(42(51)52)28-3-6-47-18-28)9-26(13-31)21-50(22-27-10-25(12-32(14-27)58-2)16-34(43(53)54)29-4-7-48-19-29)23-46-39-36-38-37(39)41(46)45(38,40(36)46)17-35(44(55)56)30-5-8-49-20-30/h9-14,28-30,33-41,47-49H,3-8,15-23H2,1-2H3,(H,51,52)(H,53,54)(H,55,56). The van der Waals surface area contributed by atoms with E-state index in [4.69, 9.17) is 9.47 Å². The van der Waals surface area contributed by atoms with E-state index in [9.17, 15) is 29.7 Å². The minimum absolute atomic E-state index is 0.0864. The highest BCUT2D eigenvalue weighted by atomic mass is 16.5. The van der Waals surface area contributed by atoms with Crippen molar-refractivity contribution in [3.8, 4) is 11.5 Å². The lowest BCUT2D eigenvalue weighted by molar-refractivity contribution is -0.661. The number of rotatable bonds is 20. The average molecular weight is 797 g/mol. The second-order valence-corrected chi connectivity index (χ2v) is 19.6. The fourth-order valence-electron chi connectivity index (χ4n) is 15.3. The van der Waals surface area contributed by atoms with E-state index in [0.717, 1.165) is 129 Å². The summed E-state index contributed by atoms with van der Waals surface area (Å²) in [7, 11) is 3.33. The summed E-state index contributed by atoms with van der Waals surface area (Å²) in [5.41, 5.74) is 4.52. The number of methoxy groups -OCH3 is 2. The van der Waals surface area contributed by atoms with Gasteiger partial charge in [-0.05, 0) is 188 Å². The summed E-state index contributed by atoms with van der Waals surface area (Å²) in [6.45, 7) is 7.06. The lowest BCUT2D eigenvalue weighted by atomic mass is 8.91. The van der Waals surface area contributed by atoms with Crippen LogP contribution < -0.4 is 25.4 Å². The molecule has 3 heterocycles. The molecule has 6 saturated carbocycles.